The maximum absolute atomic E-state index is 11.8. The van der Waals surface area contributed by atoms with Crippen LogP contribution in [0.2, 0.25) is 0 Å². The minimum absolute atomic E-state index is 0.0915. The highest BCUT2D eigenvalue weighted by molar-refractivity contribution is 9.11. The number of nitrogens with zero attached hydrogens (tertiary/aromatic N) is 4. The molecule has 7 heteroatoms. The highest BCUT2D eigenvalue weighted by atomic mass is 79.9. The summed E-state index contributed by atoms with van der Waals surface area (Å²) in [7, 11) is 1.79. The van der Waals surface area contributed by atoms with Crippen LogP contribution in [0.5, 0.6) is 0 Å². The topological polar surface area (TPSA) is 52.7 Å². The van der Waals surface area contributed by atoms with Gasteiger partial charge in [-0.2, -0.15) is 5.10 Å². The van der Waals surface area contributed by atoms with Crippen LogP contribution in [-0.2, 0) is 13.6 Å². The van der Waals surface area contributed by atoms with Crippen molar-refractivity contribution in [2.75, 3.05) is 0 Å². The highest BCUT2D eigenvalue weighted by Crippen LogP contribution is 2.13. The summed E-state index contributed by atoms with van der Waals surface area (Å²) in [6.45, 7) is 0.396. The monoisotopic (exact) mass is 346 g/mol. The molecule has 84 valence electrons. The van der Waals surface area contributed by atoms with Crippen molar-refractivity contribution >= 4 is 31.9 Å². The standard InChI is InChI=1S/C9H8Br2N4O/c1-14-8(12-5-13-14)4-15-3-6(10)2-7(11)9(15)16/h2-3,5H,4H2,1H3. The molecule has 0 aliphatic heterocycles. The van der Waals surface area contributed by atoms with Gasteiger partial charge in [-0.1, -0.05) is 0 Å². The molecule has 0 atom stereocenters. The maximum atomic E-state index is 11.8. The van der Waals surface area contributed by atoms with Crippen LogP contribution >= 0.6 is 31.9 Å². The van der Waals surface area contributed by atoms with E-state index in [4.69, 9.17) is 0 Å². The van der Waals surface area contributed by atoms with Gasteiger partial charge in [-0.05, 0) is 37.9 Å². The molecule has 0 fully saturated rings. The number of aromatic nitrogens is 4. The van der Waals surface area contributed by atoms with Gasteiger partial charge in [-0.25, -0.2) is 4.98 Å². The van der Waals surface area contributed by atoms with E-state index in [1.807, 2.05) is 0 Å². The summed E-state index contributed by atoms with van der Waals surface area (Å²) in [6.07, 6.45) is 3.19. The van der Waals surface area contributed by atoms with E-state index in [1.165, 1.54) is 6.33 Å². The van der Waals surface area contributed by atoms with Crippen LogP contribution in [-0.4, -0.2) is 19.3 Å². The molecule has 0 spiro atoms. The highest BCUT2D eigenvalue weighted by Gasteiger charge is 2.06. The zero-order valence-electron chi connectivity index (χ0n) is 8.39. The molecule has 0 aliphatic carbocycles. The Morgan fingerprint density at radius 2 is 2.19 bits per heavy atom. The second kappa shape index (κ2) is 4.50. The fourth-order valence-corrected chi connectivity index (χ4v) is 2.56. The van der Waals surface area contributed by atoms with Gasteiger partial charge in [0.25, 0.3) is 5.56 Å². The molecule has 0 amide bonds. The average Bonchev–Trinajstić information content (AvgIpc) is 2.60. The van der Waals surface area contributed by atoms with Crippen LogP contribution in [0.4, 0.5) is 0 Å². The average molecular weight is 348 g/mol. The van der Waals surface area contributed by atoms with E-state index in [9.17, 15) is 4.79 Å². The van der Waals surface area contributed by atoms with Crippen molar-refractivity contribution in [3.05, 3.63) is 43.7 Å². The first-order valence-electron chi connectivity index (χ1n) is 4.46. The van der Waals surface area contributed by atoms with Crippen LogP contribution in [0.3, 0.4) is 0 Å². The van der Waals surface area contributed by atoms with Crippen LogP contribution in [0, 0.1) is 0 Å². The predicted octanol–water partition coefficient (Wildman–Crippen LogP) is 1.55. The maximum Gasteiger partial charge on any atom is 0.265 e. The van der Waals surface area contributed by atoms with Gasteiger partial charge in [0.2, 0.25) is 0 Å². The van der Waals surface area contributed by atoms with Crippen LogP contribution in [0.25, 0.3) is 0 Å². The third-order valence-electron chi connectivity index (χ3n) is 2.13. The number of rotatable bonds is 2. The summed E-state index contributed by atoms with van der Waals surface area (Å²) >= 11 is 6.55. The first kappa shape index (κ1) is 11.5. The van der Waals surface area contributed by atoms with Crippen molar-refractivity contribution in [1.82, 2.24) is 19.3 Å². The Kier molecular flexibility index (Phi) is 3.25. The Balaban J connectivity index is 2.43. The van der Waals surface area contributed by atoms with E-state index < -0.39 is 0 Å². The normalized spacial score (nSPS) is 10.7. The van der Waals surface area contributed by atoms with Crippen molar-refractivity contribution in [1.29, 1.82) is 0 Å². The van der Waals surface area contributed by atoms with Gasteiger partial charge in [0.15, 0.2) is 0 Å². The van der Waals surface area contributed by atoms with E-state index in [2.05, 4.69) is 41.9 Å². The Labute approximate surface area is 108 Å². The van der Waals surface area contributed by atoms with Crippen molar-refractivity contribution < 1.29 is 0 Å². The van der Waals surface area contributed by atoms with E-state index >= 15 is 0 Å². The lowest BCUT2D eigenvalue weighted by Gasteiger charge is -2.06. The third-order valence-corrected chi connectivity index (χ3v) is 3.13. The van der Waals surface area contributed by atoms with E-state index in [0.29, 0.717) is 11.0 Å². The number of hydrogen-bond donors (Lipinski definition) is 0. The molecule has 0 saturated heterocycles. The van der Waals surface area contributed by atoms with Gasteiger partial charge in [-0.3, -0.25) is 9.48 Å². The molecular formula is C9H8Br2N4O. The van der Waals surface area contributed by atoms with Crippen molar-refractivity contribution in [2.45, 2.75) is 6.54 Å². The van der Waals surface area contributed by atoms with Crippen LogP contribution in [0.1, 0.15) is 5.82 Å². The minimum atomic E-state index is -0.0915. The molecule has 0 aromatic carbocycles. The molecule has 0 radical (unpaired) electrons. The van der Waals surface area contributed by atoms with E-state index in [-0.39, 0.29) is 5.56 Å². The number of pyridine rings is 1. The molecule has 0 bridgehead atoms. The smallest absolute Gasteiger partial charge is 0.265 e. The second-order valence-electron chi connectivity index (χ2n) is 3.24. The van der Waals surface area contributed by atoms with E-state index in [1.54, 1.807) is 28.6 Å². The number of aryl methyl sites for hydroxylation is 1. The SMILES string of the molecule is Cn1ncnc1Cn1cc(Br)cc(Br)c1=O. The molecule has 16 heavy (non-hydrogen) atoms. The molecule has 0 unspecified atom stereocenters. The van der Waals surface area contributed by atoms with Gasteiger partial charge in [0, 0.05) is 17.7 Å². The second-order valence-corrected chi connectivity index (χ2v) is 5.01. The van der Waals surface area contributed by atoms with Crippen molar-refractivity contribution in [2.24, 2.45) is 7.05 Å². The lowest BCUT2D eigenvalue weighted by molar-refractivity contribution is 0.638. The number of halogens is 2. The van der Waals surface area contributed by atoms with Gasteiger partial charge < -0.3 is 4.57 Å². The molecule has 2 aromatic heterocycles. The summed E-state index contributed by atoms with van der Waals surface area (Å²) in [4.78, 5) is 15.9. The third kappa shape index (κ3) is 2.25. The van der Waals surface area contributed by atoms with Crippen molar-refractivity contribution in [3.63, 3.8) is 0 Å². The molecule has 0 saturated carbocycles. The Bertz CT molecular complexity index is 575. The fraction of sp³-hybridized carbons (Fsp3) is 0.222. The van der Waals surface area contributed by atoms with Gasteiger partial charge in [-0.15, -0.1) is 0 Å². The molecule has 0 N–H and O–H groups in total. The Morgan fingerprint density at radius 3 is 2.81 bits per heavy atom. The van der Waals surface area contributed by atoms with Crippen LogP contribution in [0.15, 0.2) is 32.3 Å². The van der Waals surface area contributed by atoms with E-state index in [0.717, 1.165) is 10.3 Å². The molecule has 0 aliphatic rings. The first-order chi connectivity index (χ1) is 7.58. The van der Waals surface area contributed by atoms with Gasteiger partial charge in [0.1, 0.15) is 12.2 Å². The van der Waals surface area contributed by atoms with Gasteiger partial charge >= 0.3 is 0 Å². The number of hydrogen-bond acceptors (Lipinski definition) is 3. The lowest BCUT2D eigenvalue weighted by Crippen LogP contribution is -2.22. The molecule has 5 nitrogen and oxygen atoms in total. The fourth-order valence-electron chi connectivity index (χ4n) is 1.30. The Hall–Kier alpha value is -0.950. The molecule has 2 aromatic rings. The summed E-state index contributed by atoms with van der Waals surface area (Å²) in [5.41, 5.74) is -0.0915. The molecule has 2 heterocycles. The predicted molar refractivity (Wildman–Crippen MR) is 66.2 cm³/mol. The Morgan fingerprint density at radius 1 is 1.44 bits per heavy atom. The largest absolute Gasteiger partial charge is 0.306 e. The summed E-state index contributed by atoms with van der Waals surface area (Å²) in [5.74, 6) is 0.729. The minimum Gasteiger partial charge on any atom is -0.306 e. The zero-order valence-corrected chi connectivity index (χ0v) is 11.6. The lowest BCUT2D eigenvalue weighted by atomic mass is 10.4. The molecule has 2 rings (SSSR count). The summed E-state index contributed by atoms with van der Waals surface area (Å²) in [6, 6.07) is 1.72. The summed E-state index contributed by atoms with van der Waals surface area (Å²) < 4.78 is 4.56. The summed E-state index contributed by atoms with van der Waals surface area (Å²) in [5, 5.41) is 3.95. The molecular weight excluding hydrogens is 340 g/mol. The zero-order chi connectivity index (χ0) is 11.7. The first-order valence-corrected chi connectivity index (χ1v) is 6.05. The van der Waals surface area contributed by atoms with Crippen molar-refractivity contribution in [3.8, 4) is 0 Å². The quantitative estimate of drug-likeness (QED) is 0.828. The van der Waals surface area contributed by atoms with Crippen LogP contribution < -0.4 is 5.56 Å². The van der Waals surface area contributed by atoms with Gasteiger partial charge in [0.05, 0.1) is 11.0 Å².